The van der Waals surface area contributed by atoms with Crippen molar-refractivity contribution < 1.29 is 22.8 Å². The number of carbonyl (C=O) groups is 2. The Bertz CT molecular complexity index is 698. The summed E-state index contributed by atoms with van der Waals surface area (Å²) in [5, 5.41) is 6.54. The van der Waals surface area contributed by atoms with E-state index in [9.17, 15) is 22.8 Å². The van der Waals surface area contributed by atoms with Crippen molar-refractivity contribution in [2.45, 2.75) is 95.4 Å². The number of likely N-dealkylation sites (tertiary alicyclic amines) is 1. The molecule has 4 rings (SSSR count). The summed E-state index contributed by atoms with van der Waals surface area (Å²) in [6.07, 6.45) is -2.26. The predicted octanol–water partition coefficient (Wildman–Crippen LogP) is 3.18. The lowest BCUT2D eigenvalue weighted by Crippen LogP contribution is -2.60. The van der Waals surface area contributed by atoms with Crippen molar-refractivity contribution in [3.8, 4) is 0 Å². The normalized spacial score (nSPS) is 47.6. The van der Waals surface area contributed by atoms with Gasteiger partial charge >= 0.3 is 0 Å². The van der Waals surface area contributed by atoms with Crippen molar-refractivity contribution in [2.24, 2.45) is 29.6 Å². The van der Waals surface area contributed by atoms with Crippen molar-refractivity contribution in [3.05, 3.63) is 0 Å². The molecule has 2 saturated heterocycles. The number of fused-ring (bicyclic) bond motifs is 1. The monoisotopic (exact) mass is 457 g/mol. The van der Waals surface area contributed by atoms with E-state index in [-0.39, 0.29) is 48.6 Å². The van der Waals surface area contributed by atoms with Crippen LogP contribution in [-0.4, -0.2) is 66.9 Å². The Hall–Kier alpha value is -1.31. The Morgan fingerprint density at radius 1 is 1.03 bits per heavy atom. The van der Waals surface area contributed by atoms with Crippen LogP contribution in [0.5, 0.6) is 0 Å². The summed E-state index contributed by atoms with van der Waals surface area (Å²) in [5.74, 6) is -0.0513. The van der Waals surface area contributed by atoms with Crippen LogP contribution in [0.1, 0.15) is 58.8 Å². The summed E-state index contributed by atoms with van der Waals surface area (Å²) in [7, 11) is 1.93. The molecule has 4 aliphatic rings. The number of halogens is 3. The average Bonchev–Trinajstić information content (AvgIpc) is 2.76. The maximum atomic E-state index is 13.8. The van der Waals surface area contributed by atoms with Crippen LogP contribution >= 0.6 is 0 Å². The third kappa shape index (κ3) is 4.66. The molecular weight excluding hydrogens is 419 g/mol. The molecular formula is C24H38F3N3O2. The highest BCUT2D eigenvalue weighted by Gasteiger charge is 2.47. The van der Waals surface area contributed by atoms with Gasteiger partial charge in [-0.2, -0.15) is 0 Å². The molecule has 0 aromatic heterocycles. The van der Waals surface area contributed by atoms with Crippen molar-refractivity contribution >= 4 is 11.8 Å². The highest BCUT2D eigenvalue weighted by Crippen LogP contribution is 2.43. The molecule has 2 saturated carbocycles. The van der Waals surface area contributed by atoms with Gasteiger partial charge in [0, 0.05) is 43.6 Å². The molecule has 9 unspecified atom stereocenters. The number of hydrogen-bond donors (Lipinski definition) is 2. The van der Waals surface area contributed by atoms with E-state index < -0.39 is 24.4 Å². The molecule has 9 atom stereocenters. The molecule has 0 spiro atoms. The molecule has 0 radical (unpaired) electrons. The second kappa shape index (κ2) is 9.51. The maximum absolute atomic E-state index is 13.8. The highest BCUT2D eigenvalue weighted by molar-refractivity contribution is 5.81. The van der Waals surface area contributed by atoms with E-state index in [2.05, 4.69) is 24.5 Å². The lowest BCUT2D eigenvalue weighted by molar-refractivity contribution is -0.148. The Balaban J connectivity index is 1.39. The lowest BCUT2D eigenvalue weighted by atomic mass is 9.65. The van der Waals surface area contributed by atoms with Gasteiger partial charge in [-0.25, -0.2) is 13.2 Å². The summed E-state index contributed by atoms with van der Waals surface area (Å²) in [5.41, 5.74) is 0. The molecule has 8 heteroatoms. The maximum Gasteiger partial charge on any atom is 0.225 e. The van der Waals surface area contributed by atoms with Crippen LogP contribution in [0.4, 0.5) is 13.2 Å². The average molecular weight is 458 g/mol. The minimum absolute atomic E-state index is 0.0569. The first-order chi connectivity index (χ1) is 15.2. The van der Waals surface area contributed by atoms with E-state index in [0.717, 1.165) is 32.2 Å². The number of hydrogen-bond acceptors (Lipinski definition) is 3. The van der Waals surface area contributed by atoms with Gasteiger partial charge in [0.15, 0.2) is 6.17 Å². The third-order valence-corrected chi connectivity index (χ3v) is 8.79. The smallest absolute Gasteiger partial charge is 0.225 e. The fraction of sp³-hybridized carbons (Fsp3) is 0.917. The Morgan fingerprint density at radius 3 is 2.41 bits per heavy atom. The molecule has 0 aromatic carbocycles. The molecule has 2 heterocycles. The second-order valence-electron chi connectivity index (χ2n) is 11.0. The number of piperidine rings is 2. The topological polar surface area (TPSA) is 61.4 Å². The van der Waals surface area contributed by atoms with E-state index >= 15 is 0 Å². The third-order valence-electron chi connectivity index (χ3n) is 8.79. The number of carbonyl (C=O) groups excluding carboxylic acids is 2. The first-order valence-corrected chi connectivity index (χ1v) is 12.4. The van der Waals surface area contributed by atoms with Gasteiger partial charge < -0.3 is 15.5 Å². The Morgan fingerprint density at radius 2 is 1.72 bits per heavy atom. The van der Waals surface area contributed by atoms with Gasteiger partial charge in [-0.05, 0) is 69.6 Å². The van der Waals surface area contributed by atoms with Gasteiger partial charge in [-0.1, -0.05) is 6.92 Å². The Kier molecular flexibility index (Phi) is 7.08. The standard InChI is InChI=1S/C24H38F3N3O2/c1-12-4-5-16(29-23(31)14-8-19(25)22(27)20(26)9-14)10-17(12)18-7-15-11-28-13(2)6-21(15)30(3)24(18)32/h12-22,28H,4-11H2,1-3H3,(H,29,31). The largest absolute Gasteiger partial charge is 0.353 e. The summed E-state index contributed by atoms with van der Waals surface area (Å²) >= 11 is 0. The predicted molar refractivity (Wildman–Crippen MR) is 116 cm³/mol. The van der Waals surface area contributed by atoms with E-state index in [4.69, 9.17) is 0 Å². The summed E-state index contributed by atoms with van der Waals surface area (Å²) < 4.78 is 41.0. The molecule has 0 aromatic rings. The van der Waals surface area contributed by atoms with E-state index in [0.29, 0.717) is 24.3 Å². The molecule has 5 nitrogen and oxygen atoms in total. The van der Waals surface area contributed by atoms with Crippen molar-refractivity contribution in [1.82, 2.24) is 15.5 Å². The van der Waals surface area contributed by atoms with Gasteiger partial charge in [0.25, 0.3) is 0 Å². The van der Waals surface area contributed by atoms with Crippen molar-refractivity contribution in [2.75, 3.05) is 13.6 Å². The van der Waals surface area contributed by atoms with Crippen LogP contribution in [0.3, 0.4) is 0 Å². The minimum atomic E-state index is -2.13. The highest BCUT2D eigenvalue weighted by atomic mass is 19.2. The van der Waals surface area contributed by atoms with Gasteiger partial charge in [-0.3, -0.25) is 9.59 Å². The molecule has 32 heavy (non-hydrogen) atoms. The van der Waals surface area contributed by atoms with Crippen LogP contribution in [-0.2, 0) is 9.59 Å². The minimum Gasteiger partial charge on any atom is -0.353 e. The first-order valence-electron chi connectivity index (χ1n) is 12.4. The first kappa shape index (κ1) is 23.8. The molecule has 2 amide bonds. The van der Waals surface area contributed by atoms with Crippen LogP contribution in [0.25, 0.3) is 0 Å². The number of amides is 2. The fourth-order valence-corrected chi connectivity index (χ4v) is 6.76. The zero-order chi connectivity index (χ0) is 23.2. The Labute approximate surface area is 189 Å². The van der Waals surface area contributed by atoms with Gasteiger partial charge in [-0.15, -0.1) is 0 Å². The zero-order valence-corrected chi connectivity index (χ0v) is 19.4. The molecule has 2 aliphatic heterocycles. The summed E-state index contributed by atoms with van der Waals surface area (Å²) in [6.45, 7) is 5.27. The molecule has 182 valence electrons. The van der Waals surface area contributed by atoms with Crippen LogP contribution in [0.15, 0.2) is 0 Å². The van der Waals surface area contributed by atoms with E-state index in [1.54, 1.807) is 0 Å². The van der Waals surface area contributed by atoms with Crippen LogP contribution in [0.2, 0.25) is 0 Å². The summed E-state index contributed by atoms with van der Waals surface area (Å²) in [6, 6.07) is 0.595. The second-order valence-corrected chi connectivity index (χ2v) is 11.0. The molecule has 4 fully saturated rings. The van der Waals surface area contributed by atoms with Crippen LogP contribution < -0.4 is 10.6 Å². The molecule has 2 aliphatic carbocycles. The van der Waals surface area contributed by atoms with Crippen molar-refractivity contribution in [1.29, 1.82) is 0 Å². The van der Waals surface area contributed by atoms with E-state index in [1.807, 2.05) is 11.9 Å². The SMILES string of the molecule is CC1CC2C(CN1)CC(C1CC(NC(=O)C3CC(F)C(F)C(F)C3)CCC1C)C(=O)N2C. The molecule has 2 N–H and O–H groups in total. The van der Waals surface area contributed by atoms with Gasteiger partial charge in [0.2, 0.25) is 11.8 Å². The zero-order valence-electron chi connectivity index (χ0n) is 19.4. The molecule has 0 bridgehead atoms. The number of nitrogens with zero attached hydrogens (tertiary/aromatic N) is 1. The van der Waals surface area contributed by atoms with E-state index in [1.165, 1.54) is 0 Å². The van der Waals surface area contributed by atoms with Crippen LogP contribution in [0, 0.1) is 29.6 Å². The summed E-state index contributed by atoms with van der Waals surface area (Å²) in [4.78, 5) is 28.0. The number of alkyl halides is 3. The fourth-order valence-electron chi connectivity index (χ4n) is 6.76. The number of rotatable bonds is 3. The quantitative estimate of drug-likeness (QED) is 0.684. The van der Waals surface area contributed by atoms with Gasteiger partial charge in [0.05, 0.1) is 0 Å². The van der Waals surface area contributed by atoms with Crippen molar-refractivity contribution in [3.63, 3.8) is 0 Å². The number of nitrogens with one attached hydrogen (secondary N) is 2. The lowest BCUT2D eigenvalue weighted by Gasteiger charge is -2.50. The van der Waals surface area contributed by atoms with Gasteiger partial charge in [0.1, 0.15) is 12.3 Å².